The number of anilines is 2. The predicted octanol–water partition coefficient (Wildman–Crippen LogP) is 4.77. The first kappa shape index (κ1) is 25.5. The van der Waals surface area contributed by atoms with Gasteiger partial charge >= 0.3 is 0 Å². The van der Waals surface area contributed by atoms with Crippen molar-refractivity contribution in [3.63, 3.8) is 0 Å². The fourth-order valence-electron chi connectivity index (χ4n) is 4.50. The van der Waals surface area contributed by atoms with Crippen LogP contribution in [0, 0.1) is 22.7 Å². The number of halogens is 1. The molecule has 188 valence electrons. The number of rotatable bonds is 10. The van der Waals surface area contributed by atoms with Gasteiger partial charge in [-0.25, -0.2) is 0 Å². The van der Waals surface area contributed by atoms with Gasteiger partial charge in [-0.15, -0.1) is 12.1 Å². The van der Waals surface area contributed by atoms with Crippen LogP contribution in [-0.4, -0.2) is 30.4 Å². The van der Waals surface area contributed by atoms with Crippen molar-refractivity contribution < 1.29 is 0 Å². The van der Waals surface area contributed by atoms with Crippen LogP contribution in [0.25, 0.3) is 10.9 Å². The van der Waals surface area contributed by atoms with Gasteiger partial charge in [0.2, 0.25) is 0 Å². The smallest absolute Gasteiger partial charge is 0.119 e. The quantitative estimate of drug-likeness (QED) is 0.172. The zero-order valence-corrected chi connectivity index (χ0v) is 21.5. The van der Waals surface area contributed by atoms with Crippen LogP contribution in [0.15, 0.2) is 67.1 Å². The first-order chi connectivity index (χ1) is 18.5. The normalized spacial score (nSPS) is 16.1. The van der Waals surface area contributed by atoms with Gasteiger partial charge in [0.1, 0.15) is 13.9 Å². The van der Waals surface area contributed by atoms with Crippen LogP contribution in [0.3, 0.4) is 0 Å². The van der Waals surface area contributed by atoms with Crippen molar-refractivity contribution in [3.8, 4) is 12.1 Å². The number of hydrogen-bond acceptors (Lipinski definition) is 8. The molecule has 2 radical (unpaired) electrons. The van der Waals surface area contributed by atoms with Crippen LogP contribution in [0.5, 0.6) is 0 Å². The van der Waals surface area contributed by atoms with Gasteiger partial charge in [-0.3, -0.25) is 9.99 Å². The van der Waals surface area contributed by atoms with Gasteiger partial charge in [-0.05, 0) is 55.5 Å². The molecule has 1 fully saturated rings. The summed E-state index contributed by atoms with van der Waals surface area (Å²) >= 11 is 6.71. The zero-order valence-electron chi connectivity index (χ0n) is 20.8. The highest BCUT2D eigenvalue weighted by atomic mass is 35.5. The van der Waals surface area contributed by atoms with E-state index >= 15 is 0 Å². The van der Waals surface area contributed by atoms with E-state index in [1.807, 2.05) is 29.4 Å². The second kappa shape index (κ2) is 10.7. The highest BCUT2D eigenvalue weighted by Crippen LogP contribution is 2.38. The molecule has 0 amide bonds. The summed E-state index contributed by atoms with van der Waals surface area (Å²) in [6, 6.07) is 15.7. The molecule has 1 unspecified atom stereocenters. The Morgan fingerprint density at radius 2 is 2.11 bits per heavy atom. The predicted molar refractivity (Wildman–Crippen MR) is 151 cm³/mol. The van der Waals surface area contributed by atoms with Gasteiger partial charge in [-0.2, -0.15) is 10.5 Å². The molecule has 1 aliphatic heterocycles. The van der Waals surface area contributed by atoms with E-state index in [-0.39, 0.29) is 0 Å². The van der Waals surface area contributed by atoms with E-state index in [4.69, 9.17) is 19.4 Å². The number of nitrogens with one attached hydrogen (secondary N) is 4. The Bertz CT molecular complexity index is 1500. The maximum Gasteiger partial charge on any atom is 0.119 e. The molecule has 1 saturated carbocycles. The summed E-state index contributed by atoms with van der Waals surface area (Å²) in [7, 11) is 7.11. The van der Waals surface area contributed by atoms with Crippen molar-refractivity contribution in [3.05, 3.63) is 88.9 Å². The highest BCUT2D eigenvalue weighted by Gasteiger charge is 2.38. The highest BCUT2D eigenvalue weighted by molar-refractivity contribution is 6.36. The number of hydrazine groups is 2. The minimum atomic E-state index is -1.24. The van der Waals surface area contributed by atoms with Crippen molar-refractivity contribution in [2.45, 2.75) is 37.2 Å². The van der Waals surface area contributed by atoms with Gasteiger partial charge in [0.05, 0.1) is 44.6 Å². The molecule has 1 atom stereocenters. The Morgan fingerprint density at radius 1 is 1.26 bits per heavy atom. The largest absolute Gasteiger partial charge is 0.383 e. The Labute approximate surface area is 228 Å². The van der Waals surface area contributed by atoms with Gasteiger partial charge in [0.15, 0.2) is 0 Å². The molecule has 3 aromatic rings. The van der Waals surface area contributed by atoms with Crippen molar-refractivity contribution >= 4 is 41.7 Å². The van der Waals surface area contributed by atoms with Crippen LogP contribution in [-0.2, 0) is 5.44 Å². The maximum absolute atomic E-state index is 9.75. The standard InChI is InChI=1S/C28H26BClN8/c1-2-3-4-10-33-26-19(15-32)16-34-27-23(26)12-21(13-24(27)30)35-28(29,20-7-5-6-18(11-20)14-31)25-17-38(37-36-25)22-8-9-22/h2,5-7,11-13,16-17,22,35-37H,1,3-4,8-10H2,(H,33,34). The monoisotopic (exact) mass is 520 g/mol. The van der Waals surface area contributed by atoms with E-state index in [1.165, 1.54) is 6.20 Å². The van der Waals surface area contributed by atoms with Crippen LogP contribution in [0.2, 0.25) is 5.02 Å². The van der Waals surface area contributed by atoms with Crippen molar-refractivity contribution in [2.24, 2.45) is 0 Å². The number of aromatic nitrogens is 1. The first-order valence-electron chi connectivity index (χ1n) is 12.4. The van der Waals surface area contributed by atoms with Crippen LogP contribution >= 0.6 is 11.6 Å². The molecular weight excluding hydrogens is 495 g/mol. The molecule has 8 nitrogen and oxygen atoms in total. The van der Waals surface area contributed by atoms with Crippen LogP contribution in [0.1, 0.15) is 42.4 Å². The van der Waals surface area contributed by atoms with Gasteiger partial charge in [0, 0.05) is 36.1 Å². The SMILES string of the molecule is [B]C(Nc1cc(Cl)c2ncc(C#N)c(NCCCC=C)c2c1)(C1=CN(C2CC2)NN1)c1cccc(C#N)c1. The third-order valence-electron chi connectivity index (χ3n) is 6.67. The second-order valence-corrected chi connectivity index (χ2v) is 9.82. The van der Waals surface area contributed by atoms with Crippen molar-refractivity contribution in [1.82, 2.24) is 21.0 Å². The van der Waals surface area contributed by atoms with E-state index in [2.05, 4.69) is 45.3 Å². The number of benzene rings is 2. The lowest BCUT2D eigenvalue weighted by Crippen LogP contribution is -2.45. The molecule has 1 aromatic heterocycles. The van der Waals surface area contributed by atoms with E-state index in [0.717, 1.165) is 25.7 Å². The number of hydrogen-bond donors (Lipinski definition) is 4. The molecule has 4 N–H and O–H groups in total. The van der Waals surface area contributed by atoms with E-state index < -0.39 is 5.44 Å². The zero-order chi connectivity index (χ0) is 26.7. The number of nitrogens with zero attached hydrogens (tertiary/aromatic N) is 4. The molecule has 2 aliphatic rings. The Kier molecular flexibility index (Phi) is 7.15. The molecule has 0 spiro atoms. The number of unbranched alkanes of at least 4 members (excludes halogenated alkanes) is 1. The molecule has 10 heteroatoms. The van der Waals surface area contributed by atoms with E-state index in [9.17, 15) is 10.5 Å². The summed E-state index contributed by atoms with van der Waals surface area (Å²) in [5.41, 5.74) is 9.31. The Morgan fingerprint density at radius 3 is 2.84 bits per heavy atom. The Balaban J connectivity index is 1.58. The van der Waals surface area contributed by atoms with Crippen molar-refractivity contribution in [1.29, 1.82) is 10.5 Å². The third kappa shape index (κ3) is 4.99. The summed E-state index contributed by atoms with van der Waals surface area (Å²) in [5, 5.41) is 29.2. The minimum absolute atomic E-state index is 0.412. The second-order valence-electron chi connectivity index (χ2n) is 9.41. The lowest BCUT2D eigenvalue weighted by molar-refractivity contribution is 0.260. The minimum Gasteiger partial charge on any atom is -0.383 e. The number of nitriles is 2. The molecule has 5 rings (SSSR count). The van der Waals surface area contributed by atoms with E-state index in [1.54, 1.807) is 24.3 Å². The van der Waals surface area contributed by atoms with E-state index in [0.29, 0.717) is 62.3 Å². The van der Waals surface area contributed by atoms with Crippen molar-refractivity contribution in [2.75, 3.05) is 17.2 Å². The summed E-state index contributed by atoms with van der Waals surface area (Å²) in [5.74, 6) is 0. The number of pyridine rings is 1. The Hall–Kier alpha value is -4.18. The molecular formula is C28H26BClN8. The molecule has 2 heterocycles. The fourth-order valence-corrected chi connectivity index (χ4v) is 4.77. The van der Waals surface area contributed by atoms with Gasteiger partial charge in [-0.1, -0.05) is 29.8 Å². The summed E-state index contributed by atoms with van der Waals surface area (Å²) in [6.45, 7) is 4.43. The summed E-state index contributed by atoms with van der Waals surface area (Å²) in [6.07, 6.45) is 9.28. The topological polar surface area (TPSA) is 112 Å². The average Bonchev–Trinajstić information content (AvgIpc) is 3.66. The maximum atomic E-state index is 9.75. The van der Waals surface area contributed by atoms with Crippen LogP contribution < -0.4 is 21.6 Å². The molecule has 0 bridgehead atoms. The van der Waals surface area contributed by atoms with Crippen LogP contribution in [0.4, 0.5) is 11.4 Å². The van der Waals surface area contributed by atoms with Gasteiger partial charge in [0.25, 0.3) is 0 Å². The first-order valence-corrected chi connectivity index (χ1v) is 12.8. The molecule has 0 saturated heterocycles. The summed E-state index contributed by atoms with van der Waals surface area (Å²) < 4.78 is 0. The summed E-state index contributed by atoms with van der Waals surface area (Å²) in [4.78, 5) is 4.44. The number of allylic oxidation sites excluding steroid dienone is 1. The molecule has 1 aliphatic carbocycles. The average molecular weight is 521 g/mol. The lowest BCUT2D eigenvalue weighted by atomic mass is 9.69. The molecule has 38 heavy (non-hydrogen) atoms. The van der Waals surface area contributed by atoms with Gasteiger partial charge < -0.3 is 16.1 Å². The third-order valence-corrected chi connectivity index (χ3v) is 6.96. The fraction of sp³-hybridized carbons (Fsp3) is 0.250. The number of fused-ring (bicyclic) bond motifs is 1. The lowest BCUT2D eigenvalue weighted by Gasteiger charge is -2.34. The molecule has 2 aromatic carbocycles.